The number of hydrogen-bond donors (Lipinski definition) is 3. The number of H-pyrrole nitrogens is 1. The topological polar surface area (TPSA) is 56.9 Å². The van der Waals surface area contributed by atoms with Crippen LogP contribution in [0, 0.1) is 6.92 Å². The Bertz CT molecular complexity index is 1400. The van der Waals surface area contributed by atoms with E-state index in [-0.39, 0.29) is 10.9 Å². The van der Waals surface area contributed by atoms with Gasteiger partial charge >= 0.3 is 6.18 Å². The van der Waals surface area contributed by atoms with Crippen molar-refractivity contribution < 1.29 is 13.2 Å². The molecule has 34 heavy (non-hydrogen) atoms. The van der Waals surface area contributed by atoms with Crippen molar-refractivity contribution in [3.8, 4) is 0 Å². The van der Waals surface area contributed by atoms with E-state index >= 15 is 0 Å². The number of aromatic nitrogens is 1. The van der Waals surface area contributed by atoms with Crippen LogP contribution in [0.15, 0.2) is 77.6 Å². The Labute approximate surface area is 199 Å². The van der Waals surface area contributed by atoms with Crippen molar-refractivity contribution in [1.82, 2.24) is 10.3 Å². The summed E-state index contributed by atoms with van der Waals surface area (Å²) in [6.07, 6.45) is -4.24. The van der Waals surface area contributed by atoms with Gasteiger partial charge in [0.25, 0.3) is 0 Å². The van der Waals surface area contributed by atoms with Crippen LogP contribution in [0.2, 0.25) is 0 Å². The van der Waals surface area contributed by atoms with Crippen molar-refractivity contribution in [2.24, 2.45) is 0 Å². The van der Waals surface area contributed by atoms with Gasteiger partial charge in [-0.2, -0.15) is 13.2 Å². The maximum absolute atomic E-state index is 13.5. The number of benzene rings is 3. The number of nitrogens with one attached hydrogen (secondary N) is 3. The normalized spacial score (nSPS) is 11.4. The van der Waals surface area contributed by atoms with Gasteiger partial charge in [-0.3, -0.25) is 4.79 Å². The van der Waals surface area contributed by atoms with Gasteiger partial charge in [0.15, 0.2) is 5.11 Å². The Morgan fingerprint density at radius 1 is 0.971 bits per heavy atom. The Hall–Kier alpha value is -3.65. The van der Waals surface area contributed by atoms with E-state index in [9.17, 15) is 18.0 Å². The predicted molar refractivity (Wildman–Crippen MR) is 133 cm³/mol. The van der Waals surface area contributed by atoms with Crippen LogP contribution in [-0.4, -0.2) is 10.1 Å². The summed E-state index contributed by atoms with van der Waals surface area (Å²) in [6, 6.07) is 20.9. The minimum Gasteiger partial charge on any atom is -0.358 e. The highest BCUT2D eigenvalue weighted by Crippen LogP contribution is 2.34. The van der Waals surface area contributed by atoms with Gasteiger partial charge in [0.2, 0.25) is 5.56 Å². The number of aromatic amines is 1. The standard InChI is InChI=1S/C26H22F3N3OS/c1-16-6-8-17(9-7-16)15-30-25(34)32-22-5-3-2-4-19(22)12-18-10-11-23-20(13-18)21(26(27,28)29)14-24(33)31-23/h2-11,13-14H,12,15H2,1H3,(H,31,33)(H2,30,32,34). The lowest BCUT2D eigenvalue weighted by molar-refractivity contribution is -0.136. The molecule has 1 heterocycles. The SMILES string of the molecule is Cc1ccc(CNC(=S)Nc2ccccc2Cc2ccc3[nH]c(=O)cc(C(F)(F)F)c3c2)cc1. The number of fused-ring (bicyclic) bond motifs is 1. The molecule has 0 spiro atoms. The maximum Gasteiger partial charge on any atom is 0.417 e. The van der Waals surface area contributed by atoms with E-state index in [0.717, 1.165) is 16.8 Å². The molecule has 3 aromatic carbocycles. The summed E-state index contributed by atoms with van der Waals surface area (Å²) in [4.78, 5) is 14.1. The van der Waals surface area contributed by atoms with Crippen molar-refractivity contribution in [2.45, 2.75) is 26.1 Å². The second-order valence-corrected chi connectivity index (χ2v) is 8.46. The van der Waals surface area contributed by atoms with E-state index < -0.39 is 17.3 Å². The van der Waals surface area contributed by atoms with Crippen LogP contribution < -0.4 is 16.2 Å². The van der Waals surface area contributed by atoms with Gasteiger partial charge in [-0.15, -0.1) is 0 Å². The van der Waals surface area contributed by atoms with Crippen molar-refractivity contribution in [1.29, 1.82) is 0 Å². The quantitative estimate of drug-likeness (QED) is 0.309. The molecule has 0 bridgehead atoms. The van der Waals surface area contributed by atoms with E-state index in [1.165, 1.54) is 17.7 Å². The van der Waals surface area contributed by atoms with Crippen LogP contribution in [0.4, 0.5) is 18.9 Å². The summed E-state index contributed by atoms with van der Waals surface area (Å²) in [5, 5.41) is 6.77. The fourth-order valence-electron chi connectivity index (χ4n) is 3.72. The van der Waals surface area contributed by atoms with Gasteiger partial charge in [0, 0.05) is 29.2 Å². The highest BCUT2D eigenvalue weighted by atomic mass is 32.1. The average Bonchev–Trinajstić information content (AvgIpc) is 2.79. The lowest BCUT2D eigenvalue weighted by atomic mass is 9.99. The molecule has 0 radical (unpaired) electrons. The van der Waals surface area contributed by atoms with Crippen LogP contribution in [-0.2, 0) is 19.1 Å². The molecule has 0 aliphatic carbocycles. The Balaban J connectivity index is 1.53. The smallest absolute Gasteiger partial charge is 0.358 e. The molecule has 0 saturated carbocycles. The first-order valence-corrected chi connectivity index (χ1v) is 11.0. The number of alkyl halides is 3. The number of hydrogen-bond acceptors (Lipinski definition) is 2. The Morgan fingerprint density at radius 3 is 2.41 bits per heavy atom. The third-order valence-electron chi connectivity index (χ3n) is 5.45. The summed E-state index contributed by atoms with van der Waals surface area (Å²) in [6.45, 7) is 2.59. The molecule has 4 aromatic rings. The minimum atomic E-state index is -4.63. The van der Waals surface area contributed by atoms with Gasteiger partial charge in [-0.25, -0.2) is 0 Å². The molecule has 0 aliphatic rings. The first-order chi connectivity index (χ1) is 16.2. The van der Waals surface area contributed by atoms with Crippen LogP contribution >= 0.6 is 12.2 Å². The van der Waals surface area contributed by atoms with Crippen molar-refractivity contribution in [3.63, 3.8) is 0 Å². The molecular weight excluding hydrogens is 459 g/mol. The van der Waals surface area contributed by atoms with Gasteiger partial charge in [0.1, 0.15) is 0 Å². The van der Waals surface area contributed by atoms with E-state index in [1.807, 2.05) is 55.5 Å². The first-order valence-electron chi connectivity index (χ1n) is 10.6. The second kappa shape index (κ2) is 9.69. The van der Waals surface area contributed by atoms with Gasteiger partial charge in [0.05, 0.1) is 5.56 Å². The summed E-state index contributed by atoms with van der Waals surface area (Å²) in [7, 11) is 0. The van der Waals surface area contributed by atoms with Crippen LogP contribution in [0.3, 0.4) is 0 Å². The maximum atomic E-state index is 13.5. The van der Waals surface area contributed by atoms with E-state index in [2.05, 4.69) is 15.6 Å². The zero-order chi connectivity index (χ0) is 24.3. The van der Waals surface area contributed by atoms with Crippen molar-refractivity contribution in [2.75, 3.05) is 5.32 Å². The molecule has 4 rings (SSSR count). The van der Waals surface area contributed by atoms with Gasteiger partial charge in [-0.05, 0) is 60.5 Å². The zero-order valence-electron chi connectivity index (χ0n) is 18.3. The van der Waals surface area contributed by atoms with Gasteiger partial charge in [-0.1, -0.05) is 54.1 Å². The highest BCUT2D eigenvalue weighted by molar-refractivity contribution is 7.80. The lowest BCUT2D eigenvalue weighted by Crippen LogP contribution is -2.28. The molecular formula is C26H22F3N3OS. The third-order valence-corrected chi connectivity index (χ3v) is 5.69. The number of thiocarbonyl (C=S) groups is 1. The zero-order valence-corrected chi connectivity index (χ0v) is 19.1. The molecule has 0 fully saturated rings. The van der Waals surface area contributed by atoms with Crippen molar-refractivity contribution in [3.05, 3.63) is 111 Å². The summed E-state index contributed by atoms with van der Waals surface area (Å²) >= 11 is 5.44. The molecule has 8 heteroatoms. The molecule has 0 saturated heterocycles. The summed E-state index contributed by atoms with van der Waals surface area (Å²) < 4.78 is 40.5. The molecule has 0 unspecified atom stereocenters. The molecule has 0 amide bonds. The number of para-hydroxylation sites is 1. The summed E-state index contributed by atoms with van der Waals surface area (Å²) in [5.74, 6) is 0. The largest absolute Gasteiger partial charge is 0.417 e. The Kier molecular flexibility index (Phi) is 6.70. The van der Waals surface area contributed by atoms with E-state index in [0.29, 0.717) is 29.7 Å². The molecule has 1 aromatic heterocycles. The van der Waals surface area contributed by atoms with Crippen molar-refractivity contribution >= 4 is 33.9 Å². The average molecular weight is 482 g/mol. The van der Waals surface area contributed by atoms with Crippen LogP contribution in [0.1, 0.15) is 27.8 Å². The number of anilines is 1. The minimum absolute atomic E-state index is 0.0367. The molecule has 0 atom stereocenters. The Morgan fingerprint density at radius 2 is 1.68 bits per heavy atom. The highest BCUT2D eigenvalue weighted by Gasteiger charge is 2.33. The number of rotatable bonds is 5. The fourth-order valence-corrected chi connectivity index (χ4v) is 3.90. The monoisotopic (exact) mass is 481 g/mol. The van der Waals surface area contributed by atoms with E-state index in [1.54, 1.807) is 6.07 Å². The van der Waals surface area contributed by atoms with Crippen LogP contribution in [0.25, 0.3) is 10.9 Å². The molecule has 174 valence electrons. The first kappa shape index (κ1) is 23.5. The number of pyridine rings is 1. The molecule has 3 N–H and O–H groups in total. The second-order valence-electron chi connectivity index (χ2n) is 8.05. The molecule has 4 nitrogen and oxygen atoms in total. The molecule has 0 aliphatic heterocycles. The van der Waals surface area contributed by atoms with Gasteiger partial charge < -0.3 is 15.6 Å². The summed E-state index contributed by atoms with van der Waals surface area (Å²) in [5.41, 5.74) is 3.02. The fraction of sp³-hybridized carbons (Fsp3) is 0.154. The van der Waals surface area contributed by atoms with E-state index in [4.69, 9.17) is 12.2 Å². The lowest BCUT2D eigenvalue weighted by Gasteiger charge is -2.15. The number of aryl methyl sites for hydroxylation is 1. The van der Waals surface area contributed by atoms with Crippen LogP contribution in [0.5, 0.6) is 0 Å². The predicted octanol–water partition coefficient (Wildman–Crippen LogP) is 5.93. The number of halogens is 3. The third kappa shape index (κ3) is 5.63.